The number of benzene rings is 1. The van der Waals surface area contributed by atoms with E-state index in [1.54, 1.807) is 0 Å². The molecule has 1 aromatic rings. The second kappa shape index (κ2) is 22.9. The average Bonchev–Trinajstić information content (AvgIpc) is 2.92. The molecule has 0 bridgehead atoms. The largest absolute Gasteiger partial charge is 0.545 e. The molecule has 1 rings (SSSR count). The number of carbonyl (C=O) groups excluding carboxylic acids is 1. The predicted molar refractivity (Wildman–Crippen MR) is 151 cm³/mol. The highest BCUT2D eigenvalue weighted by Gasteiger charge is 2.26. The summed E-state index contributed by atoms with van der Waals surface area (Å²) in [5.74, 6) is -14.4. The van der Waals surface area contributed by atoms with Gasteiger partial charge in [-0.1, -0.05) is 97.8 Å². The Morgan fingerprint density at radius 1 is 0.500 bits per heavy atom. The molecule has 0 aliphatic heterocycles. The first-order valence-corrected chi connectivity index (χ1v) is 15.6. The summed E-state index contributed by atoms with van der Waals surface area (Å²) in [4.78, 5) is 10.0. The Bertz CT molecular complexity index is 749. The molecule has 0 heterocycles. The molecule has 0 aliphatic rings. The quantitative estimate of drug-likeness (QED) is 0.0452. The van der Waals surface area contributed by atoms with E-state index < -0.39 is 40.6 Å². The van der Waals surface area contributed by atoms with Gasteiger partial charge in [-0.15, -0.1) is 0 Å². The first-order valence-electron chi connectivity index (χ1n) is 15.6. The zero-order valence-electron chi connectivity index (χ0n) is 25.5. The average molecular weight is 580 g/mol. The summed E-state index contributed by atoms with van der Waals surface area (Å²) in [6.45, 7) is 11.2. The number of rotatable bonds is 22. The van der Waals surface area contributed by atoms with Crippen LogP contribution in [0.2, 0.25) is 0 Å². The maximum absolute atomic E-state index is 12.5. The van der Waals surface area contributed by atoms with Gasteiger partial charge in [-0.2, -0.15) is 0 Å². The summed E-state index contributed by atoms with van der Waals surface area (Å²) in [6, 6.07) is 0. The fourth-order valence-corrected chi connectivity index (χ4v) is 4.94. The van der Waals surface area contributed by atoms with Crippen LogP contribution in [0.1, 0.15) is 147 Å². The van der Waals surface area contributed by atoms with Crippen LogP contribution in [0.3, 0.4) is 0 Å². The molecule has 0 unspecified atom stereocenters. The summed E-state index contributed by atoms with van der Waals surface area (Å²) < 4.78 is 63.3. The van der Waals surface area contributed by atoms with E-state index in [0.717, 1.165) is 0 Å². The lowest BCUT2D eigenvalue weighted by molar-refractivity contribution is -0.910. The molecule has 3 nitrogen and oxygen atoms in total. The van der Waals surface area contributed by atoms with Gasteiger partial charge in [0.25, 0.3) is 0 Å². The van der Waals surface area contributed by atoms with E-state index in [-0.39, 0.29) is 0 Å². The van der Waals surface area contributed by atoms with Crippen LogP contribution in [0, 0.1) is 29.1 Å². The van der Waals surface area contributed by atoms with Gasteiger partial charge in [0.05, 0.1) is 38.2 Å². The van der Waals surface area contributed by atoms with E-state index in [1.165, 1.54) is 140 Å². The number of quaternary nitrogens is 1. The highest BCUT2D eigenvalue weighted by molar-refractivity contribution is 5.86. The van der Waals surface area contributed by atoms with Crippen molar-refractivity contribution in [2.75, 3.05) is 26.7 Å². The molecular weight excluding hydrogens is 525 g/mol. The molecule has 0 atom stereocenters. The first-order chi connectivity index (χ1) is 19.1. The van der Waals surface area contributed by atoms with E-state index in [4.69, 9.17) is 0 Å². The molecule has 0 aliphatic carbocycles. The Balaban J connectivity index is 0.000000906. The molecule has 0 N–H and O–H groups in total. The smallest absolute Gasteiger partial charge is 0.200 e. The Hall–Kier alpha value is -1.70. The van der Waals surface area contributed by atoms with Crippen molar-refractivity contribution in [3.8, 4) is 0 Å². The Morgan fingerprint density at radius 3 is 1.02 bits per heavy atom. The van der Waals surface area contributed by atoms with E-state index in [9.17, 15) is 31.9 Å². The van der Waals surface area contributed by atoms with Crippen molar-refractivity contribution < 1.29 is 36.3 Å². The van der Waals surface area contributed by atoms with Gasteiger partial charge in [-0.05, 0) is 38.5 Å². The van der Waals surface area contributed by atoms with Crippen molar-refractivity contribution in [3.63, 3.8) is 0 Å². The third-order valence-electron chi connectivity index (χ3n) is 7.57. The number of hydrogen-bond donors (Lipinski definition) is 0. The highest BCUT2D eigenvalue weighted by Crippen LogP contribution is 2.22. The van der Waals surface area contributed by atoms with Gasteiger partial charge in [0.2, 0.25) is 5.82 Å². The fourth-order valence-electron chi connectivity index (χ4n) is 4.94. The summed E-state index contributed by atoms with van der Waals surface area (Å²) in [5.41, 5.74) is -1.97. The zero-order valence-corrected chi connectivity index (χ0v) is 25.5. The Labute approximate surface area is 240 Å². The molecule has 8 heteroatoms. The highest BCUT2D eigenvalue weighted by atomic mass is 19.2. The molecule has 0 radical (unpaired) electrons. The van der Waals surface area contributed by atoms with Gasteiger partial charge in [0, 0.05) is 0 Å². The van der Waals surface area contributed by atoms with Gasteiger partial charge < -0.3 is 14.4 Å². The number of unbranched alkanes of at least 4 members (excludes halogenated alkanes) is 15. The van der Waals surface area contributed by atoms with Crippen LogP contribution in [0.15, 0.2) is 0 Å². The van der Waals surface area contributed by atoms with Crippen molar-refractivity contribution in [2.24, 2.45) is 0 Å². The number of carboxylic acids is 1. The Kier molecular flexibility index (Phi) is 22.0. The lowest BCUT2D eigenvalue weighted by atomic mass is 10.1. The number of carboxylic acid groups (broad SMARTS) is 1. The summed E-state index contributed by atoms with van der Waals surface area (Å²) >= 11 is 0. The van der Waals surface area contributed by atoms with Crippen molar-refractivity contribution >= 4 is 5.97 Å². The zero-order chi connectivity index (χ0) is 30.4. The topological polar surface area (TPSA) is 40.1 Å². The summed E-state index contributed by atoms with van der Waals surface area (Å²) in [5, 5.41) is 10.0. The van der Waals surface area contributed by atoms with Crippen molar-refractivity contribution in [1.82, 2.24) is 0 Å². The number of aromatic carboxylic acids is 1. The normalized spacial score (nSPS) is 11.4. The number of hydrogen-bond acceptors (Lipinski definition) is 2. The van der Waals surface area contributed by atoms with Crippen LogP contribution in [-0.4, -0.2) is 37.1 Å². The fraction of sp³-hybridized carbons (Fsp3) is 0.781. The van der Waals surface area contributed by atoms with Gasteiger partial charge >= 0.3 is 0 Å². The van der Waals surface area contributed by atoms with Crippen molar-refractivity contribution in [2.45, 2.75) is 136 Å². The summed E-state index contributed by atoms with van der Waals surface area (Å²) in [7, 11) is 2.56. The van der Waals surface area contributed by atoms with E-state index >= 15 is 0 Å². The molecule has 40 heavy (non-hydrogen) atoms. The Morgan fingerprint density at radius 2 is 0.750 bits per heavy atom. The van der Waals surface area contributed by atoms with E-state index in [2.05, 4.69) is 27.8 Å². The van der Waals surface area contributed by atoms with E-state index in [0.29, 0.717) is 0 Å². The predicted octanol–water partition coefficient (Wildman–Crippen LogP) is 9.26. The van der Waals surface area contributed by atoms with Crippen LogP contribution >= 0.6 is 0 Å². The summed E-state index contributed by atoms with van der Waals surface area (Å²) in [6.07, 6.45) is 25.9. The van der Waals surface area contributed by atoms with Crippen LogP contribution < -0.4 is 5.11 Å². The van der Waals surface area contributed by atoms with E-state index in [1.807, 2.05) is 0 Å². The van der Waals surface area contributed by atoms with Gasteiger partial charge in [-0.3, -0.25) is 0 Å². The molecule has 234 valence electrons. The second-order valence-electron chi connectivity index (χ2n) is 11.3. The number of carbonyl (C=O) groups is 1. The van der Waals surface area contributed by atoms with Crippen LogP contribution in [-0.2, 0) is 0 Å². The molecule has 0 aromatic heterocycles. The minimum Gasteiger partial charge on any atom is -0.545 e. The molecule has 1 aromatic carbocycles. The van der Waals surface area contributed by atoms with Gasteiger partial charge in [0.1, 0.15) is 0 Å². The molecule has 0 fully saturated rings. The molecule has 0 amide bonds. The van der Waals surface area contributed by atoms with Crippen molar-refractivity contribution in [1.29, 1.82) is 0 Å². The lowest BCUT2D eigenvalue weighted by Crippen LogP contribution is -2.46. The third kappa shape index (κ3) is 15.9. The van der Waals surface area contributed by atoms with Crippen LogP contribution in [0.4, 0.5) is 22.0 Å². The standard InChI is InChI=1S/C25H54N.C7HF5O2/c1-5-8-11-14-17-20-23-26(4,24-21-18-15-12-9-6-2)25-22-19-16-13-10-7-3;8-2-1(7(13)14)3(9)5(11)6(12)4(2)10/h5-25H2,1-4H3;(H,13,14)/q+1;/p-1. The SMILES string of the molecule is CCCCCCCC[N+](C)(CCCCCCCC)CCCCCCCC.O=C([O-])c1c(F)c(F)c(F)c(F)c1F. The lowest BCUT2D eigenvalue weighted by Gasteiger charge is -2.35. The maximum atomic E-state index is 12.5. The van der Waals surface area contributed by atoms with Gasteiger partial charge in [-0.25, -0.2) is 22.0 Å². The maximum Gasteiger partial charge on any atom is 0.200 e. The molecular formula is C32H54F5NO2. The number of halogens is 5. The van der Waals surface area contributed by atoms with Gasteiger partial charge in [0.15, 0.2) is 23.3 Å². The second-order valence-corrected chi connectivity index (χ2v) is 11.3. The minimum absolute atomic E-state index is 1.36. The molecule has 0 saturated heterocycles. The van der Waals surface area contributed by atoms with Crippen LogP contribution in [0.25, 0.3) is 0 Å². The van der Waals surface area contributed by atoms with Crippen LogP contribution in [0.5, 0.6) is 0 Å². The number of nitrogens with zero attached hydrogens (tertiary/aromatic N) is 1. The third-order valence-corrected chi connectivity index (χ3v) is 7.57. The minimum atomic E-state index is -2.47. The molecule has 0 saturated carbocycles. The van der Waals surface area contributed by atoms with Crippen molar-refractivity contribution in [3.05, 3.63) is 34.6 Å². The molecule has 0 spiro atoms. The first kappa shape index (κ1) is 38.3. The monoisotopic (exact) mass is 579 g/mol.